The lowest BCUT2D eigenvalue weighted by Gasteiger charge is -2.35. The van der Waals surface area contributed by atoms with Crippen LogP contribution in [0, 0.1) is 19.8 Å². The number of ether oxygens (including phenoxy) is 1. The summed E-state index contributed by atoms with van der Waals surface area (Å²) in [5, 5.41) is 5.93. The molecular formula is C22H36N4O3. The van der Waals surface area contributed by atoms with Crippen molar-refractivity contribution < 1.29 is 14.3 Å². The number of hydrogen-bond acceptors (Lipinski definition) is 4. The maximum absolute atomic E-state index is 12.5. The molecule has 0 aliphatic carbocycles. The van der Waals surface area contributed by atoms with E-state index >= 15 is 0 Å². The molecule has 0 unspecified atom stereocenters. The number of amides is 3. The largest absolute Gasteiger partial charge is 0.379 e. The van der Waals surface area contributed by atoms with Crippen molar-refractivity contribution in [3.05, 3.63) is 29.3 Å². The SMILES string of the molecule is Cc1cccc(C)c1NC(=O)CN(C)C(=O)NC[C@@H](CC(C)C)N1CCOCC1. The Morgan fingerprint density at radius 2 is 1.79 bits per heavy atom. The third kappa shape index (κ3) is 7.33. The van der Waals surface area contributed by atoms with Crippen LogP contribution in [-0.2, 0) is 9.53 Å². The fourth-order valence-corrected chi connectivity index (χ4v) is 3.67. The number of morpholine rings is 1. The molecule has 0 radical (unpaired) electrons. The molecule has 1 aliphatic heterocycles. The second kappa shape index (κ2) is 11.2. The van der Waals surface area contributed by atoms with Gasteiger partial charge in [0, 0.05) is 38.4 Å². The molecule has 1 aliphatic rings. The molecule has 1 fully saturated rings. The smallest absolute Gasteiger partial charge is 0.317 e. The van der Waals surface area contributed by atoms with E-state index in [2.05, 4.69) is 29.4 Å². The number of nitrogens with one attached hydrogen (secondary N) is 2. The van der Waals surface area contributed by atoms with Crippen LogP contribution >= 0.6 is 0 Å². The molecule has 7 nitrogen and oxygen atoms in total. The Balaban J connectivity index is 1.85. The Bertz CT molecular complexity index is 666. The topological polar surface area (TPSA) is 73.9 Å². The van der Waals surface area contributed by atoms with Gasteiger partial charge in [-0.2, -0.15) is 0 Å². The molecule has 0 aromatic heterocycles. The van der Waals surface area contributed by atoms with Crippen LogP contribution in [0.15, 0.2) is 18.2 Å². The van der Waals surface area contributed by atoms with E-state index in [1.807, 2.05) is 32.0 Å². The van der Waals surface area contributed by atoms with Crippen molar-refractivity contribution in [1.29, 1.82) is 0 Å². The van der Waals surface area contributed by atoms with Crippen LogP contribution in [0.4, 0.5) is 10.5 Å². The standard InChI is InChI=1S/C22H36N4O3/c1-16(2)13-19(26-9-11-29-12-10-26)14-23-22(28)25(5)15-20(27)24-21-17(3)7-6-8-18(21)4/h6-8,16,19H,9-15H2,1-5H3,(H,23,28)(H,24,27)/t19-/m1/s1. The van der Waals surface area contributed by atoms with Crippen molar-refractivity contribution in [1.82, 2.24) is 15.1 Å². The van der Waals surface area contributed by atoms with E-state index in [0.717, 1.165) is 49.5 Å². The summed E-state index contributed by atoms with van der Waals surface area (Å²) in [6, 6.07) is 5.92. The quantitative estimate of drug-likeness (QED) is 0.699. The first-order valence-electron chi connectivity index (χ1n) is 10.4. The van der Waals surface area contributed by atoms with Crippen molar-refractivity contribution in [3.8, 4) is 0 Å². The monoisotopic (exact) mass is 404 g/mol. The Hall–Kier alpha value is -2.12. The average molecular weight is 405 g/mol. The minimum atomic E-state index is -0.233. The van der Waals surface area contributed by atoms with Crippen LogP contribution in [0.5, 0.6) is 0 Å². The number of aryl methyl sites for hydroxylation is 2. The Labute approximate surface area is 174 Å². The van der Waals surface area contributed by atoms with Gasteiger partial charge in [0.15, 0.2) is 0 Å². The zero-order chi connectivity index (χ0) is 21.4. The number of carbonyl (C=O) groups is 2. The van der Waals surface area contributed by atoms with E-state index in [1.165, 1.54) is 4.90 Å². The number of urea groups is 1. The summed E-state index contributed by atoms with van der Waals surface area (Å²) in [4.78, 5) is 28.7. The summed E-state index contributed by atoms with van der Waals surface area (Å²) >= 11 is 0. The van der Waals surface area contributed by atoms with Gasteiger partial charge in [0.25, 0.3) is 0 Å². The van der Waals surface area contributed by atoms with Crippen LogP contribution in [0.25, 0.3) is 0 Å². The second-order valence-electron chi connectivity index (χ2n) is 8.29. The van der Waals surface area contributed by atoms with Crippen molar-refractivity contribution in [2.24, 2.45) is 5.92 Å². The fraction of sp³-hybridized carbons (Fsp3) is 0.636. The highest BCUT2D eigenvalue weighted by atomic mass is 16.5. The van der Waals surface area contributed by atoms with Crippen molar-refractivity contribution in [3.63, 3.8) is 0 Å². The number of likely N-dealkylation sites (N-methyl/N-ethyl adjacent to an activating group) is 1. The number of nitrogens with zero attached hydrogens (tertiary/aromatic N) is 2. The first kappa shape index (κ1) is 23.2. The van der Waals surface area contributed by atoms with Gasteiger partial charge < -0.3 is 20.3 Å². The number of para-hydroxylation sites is 1. The minimum absolute atomic E-state index is 0.00596. The molecule has 1 aromatic rings. The van der Waals surface area contributed by atoms with E-state index in [-0.39, 0.29) is 24.5 Å². The zero-order valence-corrected chi connectivity index (χ0v) is 18.5. The first-order chi connectivity index (χ1) is 13.8. The van der Waals surface area contributed by atoms with Gasteiger partial charge in [-0.25, -0.2) is 4.79 Å². The Morgan fingerprint density at radius 3 is 2.38 bits per heavy atom. The van der Waals surface area contributed by atoms with E-state index in [4.69, 9.17) is 4.74 Å². The van der Waals surface area contributed by atoms with E-state index < -0.39 is 0 Å². The number of anilines is 1. The fourth-order valence-electron chi connectivity index (χ4n) is 3.67. The summed E-state index contributed by atoms with van der Waals surface area (Å²) in [6.45, 7) is 12.1. The van der Waals surface area contributed by atoms with Crippen molar-refractivity contribution >= 4 is 17.6 Å². The highest BCUT2D eigenvalue weighted by Crippen LogP contribution is 2.19. The maximum atomic E-state index is 12.5. The van der Waals surface area contributed by atoms with Crippen LogP contribution in [0.1, 0.15) is 31.4 Å². The normalized spacial score (nSPS) is 15.8. The molecule has 1 saturated heterocycles. The molecule has 2 rings (SSSR count). The van der Waals surface area contributed by atoms with Gasteiger partial charge in [-0.05, 0) is 37.3 Å². The van der Waals surface area contributed by atoms with E-state index in [0.29, 0.717) is 12.5 Å². The molecule has 7 heteroatoms. The van der Waals surface area contributed by atoms with Gasteiger partial charge in [-0.15, -0.1) is 0 Å². The Morgan fingerprint density at radius 1 is 1.17 bits per heavy atom. The summed E-state index contributed by atoms with van der Waals surface area (Å²) in [5.74, 6) is 0.340. The first-order valence-corrected chi connectivity index (χ1v) is 10.4. The van der Waals surface area contributed by atoms with Crippen LogP contribution < -0.4 is 10.6 Å². The molecule has 162 valence electrons. The van der Waals surface area contributed by atoms with E-state index in [1.54, 1.807) is 7.05 Å². The van der Waals surface area contributed by atoms with Gasteiger partial charge in [0.1, 0.15) is 6.54 Å². The van der Waals surface area contributed by atoms with Gasteiger partial charge in [-0.1, -0.05) is 32.0 Å². The molecule has 1 heterocycles. The summed E-state index contributed by atoms with van der Waals surface area (Å²) in [6.07, 6.45) is 1.01. The third-order valence-electron chi connectivity index (χ3n) is 5.27. The van der Waals surface area contributed by atoms with Gasteiger partial charge >= 0.3 is 6.03 Å². The van der Waals surface area contributed by atoms with Gasteiger partial charge in [0.05, 0.1) is 13.2 Å². The number of carbonyl (C=O) groups excluding carboxylic acids is 2. The maximum Gasteiger partial charge on any atom is 0.317 e. The van der Waals surface area contributed by atoms with Crippen LogP contribution in [0.2, 0.25) is 0 Å². The Kier molecular flexibility index (Phi) is 8.92. The lowest BCUT2D eigenvalue weighted by atomic mass is 10.0. The second-order valence-corrected chi connectivity index (χ2v) is 8.29. The molecule has 0 bridgehead atoms. The third-order valence-corrected chi connectivity index (χ3v) is 5.27. The lowest BCUT2D eigenvalue weighted by Crippen LogP contribution is -2.51. The van der Waals surface area contributed by atoms with Crippen LogP contribution in [0.3, 0.4) is 0 Å². The summed E-state index contributed by atoms with van der Waals surface area (Å²) < 4.78 is 5.45. The number of hydrogen-bond donors (Lipinski definition) is 2. The molecule has 3 amide bonds. The average Bonchev–Trinajstić information content (AvgIpc) is 2.68. The summed E-state index contributed by atoms with van der Waals surface area (Å²) in [5.41, 5.74) is 2.83. The minimum Gasteiger partial charge on any atom is -0.379 e. The zero-order valence-electron chi connectivity index (χ0n) is 18.5. The predicted octanol–water partition coefficient (Wildman–Crippen LogP) is 2.63. The number of benzene rings is 1. The number of rotatable bonds is 8. The molecular weight excluding hydrogens is 368 g/mol. The molecule has 0 saturated carbocycles. The molecule has 2 N–H and O–H groups in total. The highest BCUT2D eigenvalue weighted by molar-refractivity contribution is 5.95. The van der Waals surface area contributed by atoms with Crippen molar-refractivity contribution in [2.45, 2.75) is 40.2 Å². The van der Waals surface area contributed by atoms with Gasteiger partial charge in [0.2, 0.25) is 5.91 Å². The highest BCUT2D eigenvalue weighted by Gasteiger charge is 2.23. The molecule has 1 atom stereocenters. The predicted molar refractivity (Wildman–Crippen MR) is 116 cm³/mol. The molecule has 0 spiro atoms. The summed E-state index contributed by atoms with van der Waals surface area (Å²) in [7, 11) is 1.64. The van der Waals surface area contributed by atoms with Crippen LogP contribution in [-0.4, -0.2) is 74.2 Å². The molecule has 29 heavy (non-hydrogen) atoms. The van der Waals surface area contributed by atoms with E-state index in [9.17, 15) is 9.59 Å². The lowest BCUT2D eigenvalue weighted by molar-refractivity contribution is -0.116. The van der Waals surface area contributed by atoms with Crippen molar-refractivity contribution in [2.75, 3.05) is 51.8 Å². The molecule has 1 aromatic carbocycles. The van der Waals surface area contributed by atoms with Gasteiger partial charge in [-0.3, -0.25) is 9.69 Å².